The lowest BCUT2D eigenvalue weighted by atomic mass is 10.0. The number of carbonyl (C=O) groups is 1. The van der Waals surface area contributed by atoms with Crippen LogP contribution >= 0.6 is 11.6 Å². The van der Waals surface area contributed by atoms with Gasteiger partial charge in [0.05, 0.1) is 22.0 Å². The largest absolute Gasteiger partial charge is 0.488 e. The number of carboxylic acids is 1. The molecule has 6 aromatic rings. The summed E-state index contributed by atoms with van der Waals surface area (Å²) in [5.74, 6) is -0.322. The van der Waals surface area contributed by atoms with Crippen molar-refractivity contribution in [2.45, 2.75) is 32.2 Å². The molecule has 0 aliphatic heterocycles. The van der Waals surface area contributed by atoms with Gasteiger partial charge < -0.3 is 24.1 Å². The Morgan fingerprint density at radius 3 is 2.57 bits per heavy atom. The minimum atomic E-state index is -1.22. The van der Waals surface area contributed by atoms with E-state index in [1.54, 1.807) is 24.3 Å². The van der Waals surface area contributed by atoms with Crippen molar-refractivity contribution in [2.75, 3.05) is 0 Å². The zero-order valence-electron chi connectivity index (χ0n) is 24.5. The second-order valence-electron chi connectivity index (χ2n) is 10.6. The van der Waals surface area contributed by atoms with Crippen LogP contribution in [0.5, 0.6) is 17.4 Å². The van der Waals surface area contributed by atoms with Gasteiger partial charge in [-0.1, -0.05) is 66.2 Å². The van der Waals surface area contributed by atoms with Crippen molar-refractivity contribution in [2.24, 2.45) is 0 Å². The molecule has 2 heterocycles. The van der Waals surface area contributed by atoms with Crippen LogP contribution in [0.25, 0.3) is 33.0 Å². The molecule has 0 saturated heterocycles. The zero-order valence-corrected chi connectivity index (χ0v) is 25.3. The molecule has 0 amide bonds. The van der Waals surface area contributed by atoms with E-state index in [1.165, 1.54) is 19.3 Å². The van der Waals surface area contributed by atoms with Crippen molar-refractivity contribution < 1.29 is 28.9 Å². The van der Waals surface area contributed by atoms with E-state index in [2.05, 4.69) is 15.3 Å². The second kappa shape index (κ2) is 13.4. The summed E-state index contributed by atoms with van der Waals surface area (Å²) in [6.45, 7) is 1.49. The highest BCUT2D eigenvalue weighted by molar-refractivity contribution is 6.32. The molecular weight excluding hydrogens is 610 g/mol. The van der Waals surface area contributed by atoms with E-state index in [0.29, 0.717) is 27.8 Å². The Morgan fingerprint density at radius 2 is 1.78 bits per heavy atom. The predicted molar refractivity (Wildman–Crippen MR) is 173 cm³/mol. The molecule has 0 aliphatic carbocycles. The van der Waals surface area contributed by atoms with Crippen LogP contribution in [0.15, 0.2) is 107 Å². The fourth-order valence-electron chi connectivity index (χ4n) is 5.07. The molecule has 2 atom stereocenters. The number of aliphatic hydroxyl groups excluding tert-OH is 1. The van der Waals surface area contributed by atoms with E-state index < -0.39 is 23.7 Å². The smallest absolute Gasteiger partial charge is 0.336 e. The van der Waals surface area contributed by atoms with Gasteiger partial charge in [-0.05, 0) is 42.3 Å². The SMILES string of the molecule is CC(O)[C@@H](NCc1cc(Cl)c(Oc2ncnc3c(-c4ccccc4)cccc23)cc1OCc1ccc2ccc(=O)oc2c1)C(=O)O. The number of aliphatic carboxylic acids is 1. The number of ether oxygens (including phenoxy) is 2. The topological polar surface area (TPSA) is 144 Å². The first-order chi connectivity index (χ1) is 22.3. The number of rotatable bonds is 11. The van der Waals surface area contributed by atoms with Crippen LogP contribution in [0, 0.1) is 0 Å². The zero-order chi connectivity index (χ0) is 32.2. The predicted octanol–water partition coefficient (Wildman–Crippen LogP) is 6.35. The maximum atomic E-state index is 11.7. The van der Waals surface area contributed by atoms with Crippen molar-refractivity contribution in [1.82, 2.24) is 15.3 Å². The second-order valence-corrected chi connectivity index (χ2v) is 11.0. The van der Waals surface area contributed by atoms with E-state index in [0.717, 1.165) is 22.1 Å². The number of aromatic nitrogens is 2. The monoisotopic (exact) mass is 637 g/mol. The molecule has 0 spiro atoms. The molecule has 6 rings (SSSR count). The van der Waals surface area contributed by atoms with E-state index >= 15 is 0 Å². The highest BCUT2D eigenvalue weighted by Crippen LogP contribution is 2.38. The van der Waals surface area contributed by atoms with Gasteiger partial charge in [-0.2, -0.15) is 0 Å². The van der Waals surface area contributed by atoms with Crippen LogP contribution < -0.4 is 20.4 Å². The molecule has 0 radical (unpaired) electrons. The first-order valence-corrected chi connectivity index (χ1v) is 14.7. The van der Waals surface area contributed by atoms with E-state index in [-0.39, 0.29) is 29.8 Å². The van der Waals surface area contributed by atoms with Gasteiger partial charge >= 0.3 is 11.6 Å². The quantitative estimate of drug-likeness (QED) is 0.137. The van der Waals surface area contributed by atoms with Gasteiger partial charge in [0.15, 0.2) is 5.75 Å². The van der Waals surface area contributed by atoms with Crippen molar-refractivity contribution in [3.63, 3.8) is 0 Å². The van der Waals surface area contributed by atoms with Gasteiger partial charge in [-0.3, -0.25) is 10.1 Å². The summed E-state index contributed by atoms with van der Waals surface area (Å²) in [4.78, 5) is 32.3. The molecular formula is C35H28ClN3O7. The average Bonchev–Trinajstić information content (AvgIpc) is 3.05. The molecule has 11 heteroatoms. The minimum Gasteiger partial charge on any atom is -0.488 e. The number of hydrogen-bond acceptors (Lipinski definition) is 9. The van der Waals surface area contributed by atoms with Crippen LogP contribution in [0.1, 0.15) is 18.1 Å². The number of para-hydroxylation sites is 1. The maximum Gasteiger partial charge on any atom is 0.336 e. The number of aliphatic hydroxyl groups is 1. The number of nitrogens with one attached hydrogen (secondary N) is 1. The van der Waals surface area contributed by atoms with Gasteiger partial charge in [-0.15, -0.1) is 0 Å². The number of fused-ring (bicyclic) bond motifs is 2. The van der Waals surface area contributed by atoms with Crippen molar-refractivity contribution in [3.05, 3.63) is 124 Å². The highest BCUT2D eigenvalue weighted by atomic mass is 35.5. The van der Waals surface area contributed by atoms with Gasteiger partial charge in [0.1, 0.15) is 30.3 Å². The van der Waals surface area contributed by atoms with Crippen molar-refractivity contribution in [3.8, 4) is 28.5 Å². The van der Waals surface area contributed by atoms with E-state index in [9.17, 15) is 19.8 Å². The van der Waals surface area contributed by atoms with Gasteiger partial charge in [-0.25, -0.2) is 14.8 Å². The summed E-state index contributed by atoms with van der Waals surface area (Å²) in [7, 11) is 0. The molecule has 0 fully saturated rings. The van der Waals surface area contributed by atoms with Crippen molar-refractivity contribution >= 4 is 39.4 Å². The molecule has 46 heavy (non-hydrogen) atoms. The Kier molecular flexibility index (Phi) is 8.93. The Labute approximate surface area is 267 Å². The molecule has 10 nitrogen and oxygen atoms in total. The molecule has 2 aromatic heterocycles. The fourth-order valence-corrected chi connectivity index (χ4v) is 5.29. The van der Waals surface area contributed by atoms with E-state index in [4.69, 9.17) is 25.5 Å². The normalized spacial score (nSPS) is 12.6. The summed E-state index contributed by atoms with van der Waals surface area (Å²) in [6.07, 6.45) is 0.271. The maximum absolute atomic E-state index is 11.7. The first kappa shape index (κ1) is 30.7. The third-order valence-electron chi connectivity index (χ3n) is 7.38. The lowest BCUT2D eigenvalue weighted by molar-refractivity contribution is -0.142. The molecule has 3 N–H and O–H groups in total. The molecule has 0 saturated carbocycles. The summed E-state index contributed by atoms with van der Waals surface area (Å²) in [5, 5.41) is 24.0. The summed E-state index contributed by atoms with van der Waals surface area (Å²) >= 11 is 6.71. The van der Waals surface area contributed by atoms with Crippen LogP contribution in [0.4, 0.5) is 0 Å². The first-order valence-electron chi connectivity index (χ1n) is 14.4. The fraction of sp³-hybridized carbons (Fsp3) is 0.143. The Morgan fingerprint density at radius 1 is 0.978 bits per heavy atom. The minimum absolute atomic E-state index is 0.0146. The Bertz CT molecular complexity index is 2100. The number of carboxylic acid groups (broad SMARTS) is 1. The summed E-state index contributed by atoms with van der Waals surface area (Å²) in [6, 6.07) is 26.0. The lowest BCUT2D eigenvalue weighted by Gasteiger charge is -2.20. The third kappa shape index (κ3) is 6.69. The lowest BCUT2D eigenvalue weighted by Crippen LogP contribution is -2.44. The number of halogens is 1. The Hall–Kier alpha value is -5.29. The number of benzene rings is 4. The average molecular weight is 638 g/mol. The highest BCUT2D eigenvalue weighted by Gasteiger charge is 2.23. The van der Waals surface area contributed by atoms with Gasteiger partial charge in [0, 0.05) is 35.2 Å². The van der Waals surface area contributed by atoms with Gasteiger partial charge in [0.2, 0.25) is 5.88 Å². The van der Waals surface area contributed by atoms with Gasteiger partial charge in [0.25, 0.3) is 0 Å². The van der Waals surface area contributed by atoms with E-state index in [1.807, 2.05) is 60.7 Å². The summed E-state index contributed by atoms with van der Waals surface area (Å²) in [5.41, 5.74) is 3.82. The standard InChI is InChI=1S/C35H28ClN3O7/c1-20(40)32(35(42)43)37-17-24-15-27(36)30(16-28(24)44-18-21-10-11-23-12-13-31(41)45-29(23)14-21)46-34-26-9-5-8-25(33(26)38-19-39-34)22-6-3-2-4-7-22/h2-16,19-20,32,37,40H,17-18H2,1H3,(H,42,43)/t20?,32-/m1/s1. The molecule has 0 aliphatic rings. The van der Waals surface area contributed by atoms with Crippen molar-refractivity contribution in [1.29, 1.82) is 0 Å². The molecule has 1 unspecified atom stereocenters. The molecule has 0 bridgehead atoms. The Balaban J connectivity index is 1.34. The number of nitrogens with zero attached hydrogens (tertiary/aromatic N) is 2. The molecule has 232 valence electrons. The van der Waals surface area contributed by atoms with Crippen LogP contribution in [-0.4, -0.2) is 38.3 Å². The van der Waals surface area contributed by atoms with Crippen LogP contribution in [0.2, 0.25) is 5.02 Å². The molecule has 4 aromatic carbocycles. The van der Waals surface area contributed by atoms with Crippen LogP contribution in [0.3, 0.4) is 0 Å². The van der Waals surface area contributed by atoms with Crippen LogP contribution in [-0.2, 0) is 17.9 Å². The number of hydrogen-bond donors (Lipinski definition) is 3. The third-order valence-corrected chi connectivity index (χ3v) is 7.67. The summed E-state index contributed by atoms with van der Waals surface area (Å²) < 4.78 is 17.8.